The number of fused-ring (bicyclic) bond motifs is 1. The number of carbonyl (C=O) groups is 1. The van der Waals surface area contributed by atoms with Crippen LogP contribution >= 0.6 is 0 Å². The summed E-state index contributed by atoms with van der Waals surface area (Å²) in [6.07, 6.45) is 6.32. The molecule has 3 atom stereocenters. The predicted octanol–water partition coefficient (Wildman–Crippen LogP) is 1.50. The lowest BCUT2D eigenvalue weighted by molar-refractivity contribution is -0.143. The molecule has 5 nitrogen and oxygen atoms in total. The fourth-order valence-corrected chi connectivity index (χ4v) is 4.15. The Kier molecular flexibility index (Phi) is 4.82. The predicted molar refractivity (Wildman–Crippen MR) is 78.0 cm³/mol. The smallest absolute Gasteiger partial charge is 0.228 e. The summed E-state index contributed by atoms with van der Waals surface area (Å²) < 4.78 is 16.6. The molecular formula is C16H27NO4. The van der Waals surface area contributed by atoms with Crippen molar-refractivity contribution >= 4 is 5.91 Å². The van der Waals surface area contributed by atoms with Crippen molar-refractivity contribution in [3.63, 3.8) is 0 Å². The molecule has 0 aromatic heterocycles. The van der Waals surface area contributed by atoms with E-state index < -0.39 is 5.41 Å². The monoisotopic (exact) mass is 297 g/mol. The number of amides is 1. The van der Waals surface area contributed by atoms with Crippen LogP contribution in [0.1, 0.15) is 38.5 Å². The van der Waals surface area contributed by atoms with Crippen molar-refractivity contribution in [2.75, 3.05) is 33.5 Å². The van der Waals surface area contributed by atoms with Gasteiger partial charge in [0.2, 0.25) is 5.91 Å². The first-order chi connectivity index (χ1) is 10.2. The average Bonchev–Trinajstić information content (AvgIpc) is 2.98. The van der Waals surface area contributed by atoms with E-state index in [-0.39, 0.29) is 11.9 Å². The largest absolute Gasteiger partial charge is 0.384 e. The number of hydrogen-bond acceptors (Lipinski definition) is 4. The molecular weight excluding hydrogens is 270 g/mol. The number of carbonyl (C=O) groups excluding carboxylic acids is 1. The van der Waals surface area contributed by atoms with Gasteiger partial charge in [-0.2, -0.15) is 0 Å². The topological polar surface area (TPSA) is 56.8 Å². The van der Waals surface area contributed by atoms with Gasteiger partial charge in [-0.15, -0.1) is 0 Å². The highest BCUT2D eigenvalue weighted by Gasteiger charge is 2.44. The van der Waals surface area contributed by atoms with Crippen LogP contribution in [-0.2, 0) is 19.0 Å². The normalized spacial score (nSPS) is 35.2. The van der Waals surface area contributed by atoms with Gasteiger partial charge >= 0.3 is 0 Å². The Bertz CT molecular complexity index is 362. The summed E-state index contributed by atoms with van der Waals surface area (Å²) in [6, 6.07) is 0.273. The molecule has 0 bridgehead atoms. The molecule has 2 aliphatic heterocycles. The maximum atomic E-state index is 12.9. The van der Waals surface area contributed by atoms with Gasteiger partial charge in [-0.1, -0.05) is 0 Å². The standard InChI is InChI=1S/C16H27NO4/c1-19-11-16(6-9-20-10-7-16)15(18)17-13-3-2-4-14-12(13)5-8-21-14/h12-14H,2-11H2,1H3,(H,17,18). The van der Waals surface area contributed by atoms with Gasteiger partial charge in [-0.25, -0.2) is 0 Å². The van der Waals surface area contributed by atoms with E-state index in [0.29, 0.717) is 31.8 Å². The molecule has 1 saturated carbocycles. The van der Waals surface area contributed by atoms with Gasteiger partial charge in [-0.05, 0) is 38.5 Å². The van der Waals surface area contributed by atoms with Crippen LogP contribution in [0.5, 0.6) is 0 Å². The molecule has 1 amide bonds. The van der Waals surface area contributed by atoms with Gasteiger partial charge < -0.3 is 19.5 Å². The first-order valence-electron chi connectivity index (χ1n) is 8.24. The van der Waals surface area contributed by atoms with Crippen LogP contribution in [0, 0.1) is 11.3 Å². The fourth-order valence-electron chi connectivity index (χ4n) is 4.15. The lowest BCUT2D eigenvalue weighted by Gasteiger charge is -2.39. The van der Waals surface area contributed by atoms with Crippen molar-refractivity contribution in [2.45, 2.75) is 50.7 Å². The minimum Gasteiger partial charge on any atom is -0.384 e. The Morgan fingerprint density at radius 2 is 2.05 bits per heavy atom. The van der Waals surface area contributed by atoms with E-state index in [0.717, 1.165) is 45.1 Å². The molecule has 0 radical (unpaired) electrons. The lowest BCUT2D eigenvalue weighted by atomic mass is 9.77. The molecule has 0 aromatic carbocycles. The van der Waals surface area contributed by atoms with Crippen molar-refractivity contribution in [3.8, 4) is 0 Å². The van der Waals surface area contributed by atoms with Crippen LogP contribution in [-0.4, -0.2) is 51.6 Å². The minimum absolute atomic E-state index is 0.158. The Morgan fingerprint density at radius 3 is 2.81 bits per heavy atom. The number of methoxy groups -OCH3 is 1. The number of hydrogen-bond donors (Lipinski definition) is 1. The summed E-state index contributed by atoms with van der Waals surface area (Å²) in [4.78, 5) is 12.9. The van der Waals surface area contributed by atoms with Gasteiger partial charge in [0, 0.05) is 38.9 Å². The molecule has 2 saturated heterocycles. The van der Waals surface area contributed by atoms with Crippen LogP contribution in [0.3, 0.4) is 0 Å². The van der Waals surface area contributed by atoms with Crippen molar-refractivity contribution in [3.05, 3.63) is 0 Å². The molecule has 1 aliphatic carbocycles. The molecule has 3 fully saturated rings. The molecule has 3 unspecified atom stereocenters. The summed E-state index contributed by atoms with van der Waals surface area (Å²) in [5.74, 6) is 0.660. The zero-order chi connectivity index (χ0) is 14.7. The zero-order valence-corrected chi connectivity index (χ0v) is 12.9. The maximum absolute atomic E-state index is 12.9. The van der Waals surface area contributed by atoms with Crippen LogP contribution < -0.4 is 5.32 Å². The summed E-state index contributed by atoms with van der Waals surface area (Å²) in [5.41, 5.74) is -0.403. The van der Waals surface area contributed by atoms with Crippen LogP contribution in [0.4, 0.5) is 0 Å². The summed E-state index contributed by atoms with van der Waals surface area (Å²) >= 11 is 0. The summed E-state index contributed by atoms with van der Waals surface area (Å²) in [6.45, 7) is 2.63. The Balaban J connectivity index is 1.66. The highest BCUT2D eigenvalue weighted by molar-refractivity contribution is 5.83. The number of rotatable bonds is 4. The van der Waals surface area contributed by atoms with E-state index >= 15 is 0 Å². The second kappa shape index (κ2) is 6.63. The molecule has 0 spiro atoms. The van der Waals surface area contributed by atoms with Gasteiger partial charge in [0.25, 0.3) is 0 Å². The third-order valence-corrected chi connectivity index (χ3v) is 5.45. The molecule has 3 aliphatic rings. The third-order valence-electron chi connectivity index (χ3n) is 5.45. The van der Waals surface area contributed by atoms with E-state index in [4.69, 9.17) is 14.2 Å². The van der Waals surface area contributed by atoms with Crippen molar-refractivity contribution in [2.24, 2.45) is 11.3 Å². The minimum atomic E-state index is -0.403. The first kappa shape index (κ1) is 15.3. The first-order valence-corrected chi connectivity index (χ1v) is 8.24. The lowest BCUT2D eigenvalue weighted by Crippen LogP contribution is -2.53. The Morgan fingerprint density at radius 1 is 1.24 bits per heavy atom. The highest BCUT2D eigenvalue weighted by atomic mass is 16.5. The zero-order valence-electron chi connectivity index (χ0n) is 12.9. The van der Waals surface area contributed by atoms with Crippen molar-refractivity contribution in [1.29, 1.82) is 0 Å². The third kappa shape index (κ3) is 3.10. The Hall–Kier alpha value is -0.650. The quantitative estimate of drug-likeness (QED) is 0.854. The van der Waals surface area contributed by atoms with Gasteiger partial charge in [0.15, 0.2) is 0 Å². The fraction of sp³-hybridized carbons (Fsp3) is 0.938. The van der Waals surface area contributed by atoms with E-state index in [1.807, 2.05) is 0 Å². The second-order valence-corrected chi connectivity index (χ2v) is 6.70. The van der Waals surface area contributed by atoms with E-state index in [9.17, 15) is 4.79 Å². The van der Waals surface area contributed by atoms with Crippen molar-refractivity contribution in [1.82, 2.24) is 5.32 Å². The molecule has 2 heterocycles. The van der Waals surface area contributed by atoms with Gasteiger partial charge in [-0.3, -0.25) is 4.79 Å². The summed E-state index contributed by atoms with van der Waals surface area (Å²) in [7, 11) is 1.67. The average molecular weight is 297 g/mol. The van der Waals surface area contributed by atoms with Crippen LogP contribution in [0.25, 0.3) is 0 Å². The summed E-state index contributed by atoms with van der Waals surface area (Å²) in [5, 5.41) is 3.33. The van der Waals surface area contributed by atoms with E-state index in [1.165, 1.54) is 0 Å². The number of nitrogens with one attached hydrogen (secondary N) is 1. The molecule has 21 heavy (non-hydrogen) atoms. The second-order valence-electron chi connectivity index (χ2n) is 6.70. The highest BCUT2D eigenvalue weighted by Crippen LogP contribution is 2.36. The SMILES string of the molecule is COCC1(C(=O)NC2CCCC3OCCC23)CCOCC1. The van der Waals surface area contributed by atoms with Crippen LogP contribution in [0.2, 0.25) is 0 Å². The van der Waals surface area contributed by atoms with E-state index in [2.05, 4.69) is 5.32 Å². The van der Waals surface area contributed by atoms with Crippen molar-refractivity contribution < 1.29 is 19.0 Å². The molecule has 0 aromatic rings. The van der Waals surface area contributed by atoms with Gasteiger partial charge in [0.05, 0.1) is 18.1 Å². The van der Waals surface area contributed by atoms with E-state index in [1.54, 1.807) is 7.11 Å². The number of ether oxygens (including phenoxy) is 3. The molecule has 1 N–H and O–H groups in total. The Labute approximate surface area is 126 Å². The molecule has 3 rings (SSSR count). The van der Waals surface area contributed by atoms with Gasteiger partial charge in [0.1, 0.15) is 0 Å². The molecule has 120 valence electrons. The van der Waals surface area contributed by atoms with Crippen LogP contribution in [0.15, 0.2) is 0 Å². The molecule has 5 heteroatoms. The maximum Gasteiger partial charge on any atom is 0.228 e.